The molecule has 0 bridgehead atoms. The molecule has 2 rings (SSSR count). The number of likely N-dealkylation sites (tertiary alicyclic amines) is 1. The highest BCUT2D eigenvalue weighted by atomic mass is 16.4. The molecule has 1 aliphatic heterocycles. The lowest BCUT2D eigenvalue weighted by atomic mass is 9.67. The van der Waals surface area contributed by atoms with Crippen LogP contribution in [0.3, 0.4) is 0 Å². The SMILES string of the molecule is CC(C)(C)C(NC1CCC2(CC1)CN(C(=O)O)C2)C(C)(C)O. The number of nitrogens with zero attached hydrogens (tertiary/aromatic N) is 1. The third kappa shape index (κ3) is 3.74. The highest BCUT2D eigenvalue weighted by molar-refractivity contribution is 5.66. The molecule has 2 fully saturated rings. The number of rotatable bonds is 3. The van der Waals surface area contributed by atoms with E-state index in [1.165, 1.54) is 4.90 Å². The van der Waals surface area contributed by atoms with E-state index in [1.807, 2.05) is 13.8 Å². The summed E-state index contributed by atoms with van der Waals surface area (Å²) < 4.78 is 0. The molecule has 0 aromatic heterocycles. The van der Waals surface area contributed by atoms with Crippen LogP contribution < -0.4 is 5.32 Å². The fourth-order valence-electron chi connectivity index (χ4n) is 4.36. The van der Waals surface area contributed by atoms with Gasteiger partial charge in [-0.2, -0.15) is 0 Å². The maximum Gasteiger partial charge on any atom is 0.407 e. The second kappa shape index (κ2) is 5.68. The highest BCUT2D eigenvalue weighted by Crippen LogP contribution is 2.44. The molecule has 22 heavy (non-hydrogen) atoms. The summed E-state index contributed by atoms with van der Waals surface area (Å²) in [5, 5.41) is 23.1. The molecule has 128 valence electrons. The number of aliphatic hydroxyl groups is 1. The van der Waals surface area contributed by atoms with Crippen LogP contribution in [0.2, 0.25) is 0 Å². The minimum absolute atomic E-state index is 0.00996. The first-order valence-corrected chi connectivity index (χ1v) is 8.39. The third-order valence-electron chi connectivity index (χ3n) is 5.34. The molecule has 0 aromatic rings. The van der Waals surface area contributed by atoms with Crippen molar-refractivity contribution in [3.05, 3.63) is 0 Å². The van der Waals surface area contributed by atoms with Gasteiger partial charge in [-0.1, -0.05) is 20.8 Å². The molecule has 1 heterocycles. The highest BCUT2D eigenvalue weighted by Gasteiger charge is 2.48. The summed E-state index contributed by atoms with van der Waals surface area (Å²) in [6.07, 6.45) is 3.50. The van der Waals surface area contributed by atoms with Crippen LogP contribution in [0.25, 0.3) is 0 Å². The van der Waals surface area contributed by atoms with Gasteiger partial charge >= 0.3 is 6.09 Å². The Labute approximate surface area is 134 Å². The van der Waals surface area contributed by atoms with Crippen LogP contribution in [0.15, 0.2) is 0 Å². The molecule has 0 aromatic carbocycles. The van der Waals surface area contributed by atoms with Gasteiger partial charge in [-0.3, -0.25) is 0 Å². The molecule has 1 atom stereocenters. The van der Waals surface area contributed by atoms with Gasteiger partial charge in [0.1, 0.15) is 0 Å². The van der Waals surface area contributed by atoms with Crippen LogP contribution in [-0.4, -0.2) is 52.0 Å². The molecule has 0 radical (unpaired) electrons. The molecule has 1 amide bonds. The average molecular weight is 312 g/mol. The van der Waals surface area contributed by atoms with Gasteiger partial charge in [0.25, 0.3) is 0 Å². The average Bonchev–Trinajstić information content (AvgIpc) is 2.30. The summed E-state index contributed by atoms with van der Waals surface area (Å²) in [7, 11) is 0. The Balaban J connectivity index is 1.88. The largest absolute Gasteiger partial charge is 0.465 e. The zero-order chi connectivity index (χ0) is 16.8. The Bertz CT molecular complexity index is 393. The Morgan fingerprint density at radius 1 is 1.18 bits per heavy atom. The number of nitrogens with one attached hydrogen (secondary N) is 1. The third-order valence-corrected chi connectivity index (χ3v) is 5.34. The number of hydrogen-bond donors (Lipinski definition) is 3. The van der Waals surface area contributed by atoms with Crippen LogP contribution >= 0.6 is 0 Å². The van der Waals surface area contributed by atoms with E-state index in [2.05, 4.69) is 26.1 Å². The first-order valence-electron chi connectivity index (χ1n) is 8.39. The lowest BCUT2D eigenvalue weighted by Crippen LogP contribution is -2.62. The Hall–Kier alpha value is -0.810. The maximum atomic E-state index is 10.9. The zero-order valence-corrected chi connectivity index (χ0v) is 14.6. The summed E-state index contributed by atoms with van der Waals surface area (Å²) >= 11 is 0. The predicted molar refractivity (Wildman–Crippen MR) is 87.0 cm³/mol. The van der Waals surface area contributed by atoms with Gasteiger partial charge in [-0.15, -0.1) is 0 Å². The molecule has 1 saturated heterocycles. The molecule has 5 heteroatoms. The van der Waals surface area contributed by atoms with Crippen molar-refractivity contribution in [2.24, 2.45) is 10.8 Å². The van der Waals surface area contributed by atoms with Crippen molar-refractivity contribution in [2.45, 2.75) is 78.0 Å². The molecule has 1 saturated carbocycles. The van der Waals surface area contributed by atoms with Crippen LogP contribution in [0.4, 0.5) is 4.79 Å². The van der Waals surface area contributed by atoms with Crippen molar-refractivity contribution in [1.82, 2.24) is 10.2 Å². The van der Waals surface area contributed by atoms with Gasteiger partial charge < -0.3 is 20.4 Å². The Kier molecular flexibility index (Phi) is 4.53. The standard InChI is InChI=1S/C17H32N2O3/c1-15(2,3)13(16(4,5)22)18-12-6-8-17(9-7-12)10-19(11-17)14(20)21/h12-13,18,22H,6-11H2,1-5H3,(H,20,21). The topological polar surface area (TPSA) is 72.8 Å². The van der Waals surface area contributed by atoms with Gasteiger partial charge in [0.2, 0.25) is 0 Å². The van der Waals surface area contributed by atoms with Crippen molar-refractivity contribution in [2.75, 3.05) is 13.1 Å². The predicted octanol–water partition coefficient (Wildman–Crippen LogP) is 2.68. The van der Waals surface area contributed by atoms with E-state index < -0.39 is 11.7 Å². The lowest BCUT2D eigenvalue weighted by Gasteiger charge is -2.53. The fraction of sp³-hybridized carbons (Fsp3) is 0.941. The Morgan fingerprint density at radius 2 is 1.68 bits per heavy atom. The summed E-state index contributed by atoms with van der Waals surface area (Å²) in [5.41, 5.74) is -0.545. The normalized spacial score (nSPS) is 24.2. The van der Waals surface area contributed by atoms with Crippen LogP contribution in [0.1, 0.15) is 60.3 Å². The first kappa shape index (κ1) is 17.5. The smallest absolute Gasteiger partial charge is 0.407 e. The minimum Gasteiger partial charge on any atom is -0.465 e. The van der Waals surface area contributed by atoms with Crippen molar-refractivity contribution in [3.8, 4) is 0 Å². The van der Waals surface area contributed by atoms with Crippen LogP contribution in [0.5, 0.6) is 0 Å². The quantitative estimate of drug-likeness (QED) is 0.749. The fourth-order valence-corrected chi connectivity index (χ4v) is 4.36. The molecule has 2 aliphatic rings. The number of amides is 1. The van der Waals surface area contributed by atoms with Crippen molar-refractivity contribution in [3.63, 3.8) is 0 Å². The molecule has 3 N–H and O–H groups in total. The van der Waals surface area contributed by atoms with Gasteiger partial charge in [-0.05, 0) is 44.9 Å². The summed E-state index contributed by atoms with van der Waals surface area (Å²) in [4.78, 5) is 12.4. The van der Waals surface area contributed by atoms with Crippen LogP contribution in [-0.2, 0) is 0 Å². The van der Waals surface area contributed by atoms with E-state index in [0.29, 0.717) is 19.1 Å². The second-order valence-electron chi connectivity index (χ2n) is 9.03. The maximum absolute atomic E-state index is 10.9. The first-order chi connectivity index (χ1) is 9.93. The van der Waals surface area contributed by atoms with E-state index in [9.17, 15) is 9.90 Å². The summed E-state index contributed by atoms with van der Waals surface area (Å²) in [6.45, 7) is 11.6. The molecule has 1 unspecified atom stereocenters. The minimum atomic E-state index is -0.791. The molecular weight excluding hydrogens is 280 g/mol. The number of hydrogen-bond acceptors (Lipinski definition) is 3. The molecular formula is C17H32N2O3. The lowest BCUT2D eigenvalue weighted by molar-refractivity contribution is -0.0371. The van der Waals surface area contributed by atoms with Crippen LogP contribution in [0, 0.1) is 10.8 Å². The summed E-state index contributed by atoms with van der Waals surface area (Å²) in [6, 6.07) is 0.455. The summed E-state index contributed by atoms with van der Waals surface area (Å²) in [5.74, 6) is 0. The number of carboxylic acid groups (broad SMARTS) is 1. The van der Waals surface area contributed by atoms with E-state index in [0.717, 1.165) is 25.7 Å². The van der Waals surface area contributed by atoms with E-state index in [4.69, 9.17) is 5.11 Å². The molecule has 5 nitrogen and oxygen atoms in total. The monoisotopic (exact) mass is 312 g/mol. The zero-order valence-electron chi connectivity index (χ0n) is 14.6. The van der Waals surface area contributed by atoms with E-state index in [-0.39, 0.29) is 16.9 Å². The molecule has 1 spiro atoms. The van der Waals surface area contributed by atoms with Crippen molar-refractivity contribution in [1.29, 1.82) is 0 Å². The van der Waals surface area contributed by atoms with Crippen molar-refractivity contribution < 1.29 is 15.0 Å². The number of carbonyl (C=O) groups is 1. The van der Waals surface area contributed by atoms with Crippen molar-refractivity contribution >= 4 is 6.09 Å². The second-order valence-corrected chi connectivity index (χ2v) is 9.03. The van der Waals surface area contributed by atoms with Gasteiger partial charge in [-0.25, -0.2) is 4.79 Å². The Morgan fingerprint density at radius 3 is 2.05 bits per heavy atom. The van der Waals surface area contributed by atoms with Gasteiger partial charge in [0.15, 0.2) is 0 Å². The van der Waals surface area contributed by atoms with E-state index >= 15 is 0 Å². The molecule has 1 aliphatic carbocycles. The van der Waals surface area contributed by atoms with E-state index in [1.54, 1.807) is 0 Å². The van der Waals surface area contributed by atoms with Gasteiger partial charge in [0.05, 0.1) is 5.60 Å². The van der Waals surface area contributed by atoms with Gasteiger partial charge in [0, 0.05) is 30.6 Å².